The molecule has 0 unspecified atom stereocenters. The number of nitrogens with one attached hydrogen (secondary N) is 2. The normalized spacial score (nSPS) is 22.6. The van der Waals surface area contributed by atoms with Crippen LogP contribution in [0, 0.1) is 11.6 Å². The third kappa shape index (κ3) is 4.46. The van der Waals surface area contributed by atoms with Gasteiger partial charge in [0, 0.05) is 58.9 Å². The van der Waals surface area contributed by atoms with Gasteiger partial charge in [-0.1, -0.05) is 41.9 Å². The van der Waals surface area contributed by atoms with Gasteiger partial charge in [0.1, 0.15) is 17.4 Å². The van der Waals surface area contributed by atoms with E-state index in [2.05, 4.69) is 10.3 Å². The average molecular weight is 552 g/mol. The Morgan fingerprint density at radius 1 is 1.13 bits per heavy atom. The van der Waals surface area contributed by atoms with Crippen LogP contribution in [0.1, 0.15) is 47.2 Å². The van der Waals surface area contributed by atoms with E-state index in [9.17, 15) is 9.90 Å². The Kier molecular flexibility index (Phi) is 6.57. The highest BCUT2D eigenvalue weighted by Gasteiger charge is 2.44. The summed E-state index contributed by atoms with van der Waals surface area (Å²) in [6.45, 7) is 0.396. The van der Waals surface area contributed by atoms with Crippen molar-refractivity contribution in [3.05, 3.63) is 88.1 Å². The Morgan fingerprint density at radius 3 is 2.59 bits per heavy atom. The minimum absolute atomic E-state index is 0.0691. The molecular formula is C30H28ClF2N3O3. The van der Waals surface area contributed by atoms with Crippen molar-refractivity contribution < 1.29 is 23.4 Å². The minimum atomic E-state index is -0.937. The van der Waals surface area contributed by atoms with E-state index in [1.54, 1.807) is 12.3 Å². The number of amides is 1. The molecule has 1 aliphatic carbocycles. The summed E-state index contributed by atoms with van der Waals surface area (Å²) in [4.78, 5) is 15.4. The molecule has 202 valence electrons. The SMILES string of the molecule is NC(=O)c1cc2[nH]ccc2c(F)c1-c1c(Cl)c(F)cc2c1C[C@@](CNC1CCC(O)CC1)(c1ccccc1)O2. The van der Waals surface area contributed by atoms with Crippen molar-refractivity contribution in [2.24, 2.45) is 5.73 Å². The quantitative estimate of drug-likeness (QED) is 0.251. The van der Waals surface area contributed by atoms with Crippen LogP contribution >= 0.6 is 11.6 Å². The van der Waals surface area contributed by atoms with Crippen LogP contribution in [0.5, 0.6) is 5.75 Å². The molecule has 39 heavy (non-hydrogen) atoms. The molecule has 6 nitrogen and oxygen atoms in total. The van der Waals surface area contributed by atoms with E-state index in [0.717, 1.165) is 31.2 Å². The number of hydrogen-bond donors (Lipinski definition) is 4. The van der Waals surface area contributed by atoms with Gasteiger partial charge in [-0.2, -0.15) is 0 Å². The van der Waals surface area contributed by atoms with Gasteiger partial charge >= 0.3 is 0 Å². The maximum Gasteiger partial charge on any atom is 0.249 e. The molecule has 6 rings (SSSR count). The number of aliphatic hydroxyl groups excluding tert-OH is 1. The maximum atomic E-state index is 16.0. The first kappa shape index (κ1) is 25.8. The summed E-state index contributed by atoms with van der Waals surface area (Å²) in [7, 11) is 0. The zero-order chi connectivity index (χ0) is 27.3. The number of rotatable bonds is 6. The van der Waals surface area contributed by atoms with Gasteiger partial charge in [0.25, 0.3) is 0 Å². The van der Waals surface area contributed by atoms with Crippen molar-refractivity contribution in [2.75, 3.05) is 6.54 Å². The van der Waals surface area contributed by atoms with Crippen LogP contribution in [0.3, 0.4) is 0 Å². The summed E-state index contributed by atoms with van der Waals surface area (Å²) in [5, 5.41) is 13.4. The molecule has 1 aliphatic heterocycles. The number of aromatic amines is 1. The zero-order valence-corrected chi connectivity index (χ0v) is 21.8. The number of halogens is 3. The second-order valence-electron chi connectivity index (χ2n) is 10.5. The Hall–Kier alpha value is -3.46. The van der Waals surface area contributed by atoms with Gasteiger partial charge in [0.15, 0.2) is 5.60 Å². The molecule has 1 aromatic heterocycles. The van der Waals surface area contributed by atoms with Crippen LogP contribution in [-0.2, 0) is 12.0 Å². The zero-order valence-electron chi connectivity index (χ0n) is 21.1. The van der Waals surface area contributed by atoms with E-state index in [1.165, 1.54) is 12.1 Å². The molecule has 9 heteroatoms. The number of aromatic nitrogens is 1. The van der Waals surface area contributed by atoms with E-state index >= 15 is 8.78 Å². The molecule has 0 spiro atoms. The maximum absolute atomic E-state index is 16.0. The van der Waals surface area contributed by atoms with Crippen LogP contribution in [0.2, 0.25) is 5.02 Å². The van der Waals surface area contributed by atoms with E-state index < -0.39 is 23.1 Å². The van der Waals surface area contributed by atoms with Crippen LogP contribution in [0.15, 0.2) is 54.7 Å². The number of carbonyl (C=O) groups excluding carboxylic acids is 1. The van der Waals surface area contributed by atoms with E-state index in [1.807, 2.05) is 30.3 Å². The lowest BCUT2D eigenvalue weighted by Gasteiger charge is -2.34. The number of aliphatic hydroxyl groups is 1. The number of H-pyrrole nitrogens is 1. The number of fused-ring (bicyclic) bond motifs is 2. The monoisotopic (exact) mass is 551 g/mol. The second-order valence-corrected chi connectivity index (χ2v) is 10.8. The Labute approximate surface area is 229 Å². The third-order valence-electron chi connectivity index (χ3n) is 8.04. The van der Waals surface area contributed by atoms with Crippen LogP contribution in [-0.4, -0.2) is 34.7 Å². The molecule has 1 fully saturated rings. The lowest BCUT2D eigenvalue weighted by molar-refractivity contribution is 0.0760. The summed E-state index contributed by atoms with van der Waals surface area (Å²) in [6, 6.07) is 14.0. The van der Waals surface area contributed by atoms with Crippen molar-refractivity contribution in [1.29, 1.82) is 0 Å². The molecule has 0 radical (unpaired) electrons. The Morgan fingerprint density at radius 2 is 1.87 bits per heavy atom. The first-order chi connectivity index (χ1) is 18.8. The number of ether oxygens (including phenoxy) is 1. The second kappa shape index (κ2) is 9.93. The van der Waals surface area contributed by atoms with E-state index in [0.29, 0.717) is 17.6 Å². The average Bonchev–Trinajstić information content (AvgIpc) is 3.56. The van der Waals surface area contributed by atoms with Crippen LogP contribution in [0.4, 0.5) is 8.78 Å². The molecule has 0 saturated heterocycles. The predicted octanol–water partition coefficient (Wildman–Crippen LogP) is 5.59. The summed E-state index contributed by atoms with van der Waals surface area (Å²) in [5.41, 5.74) is 6.33. The van der Waals surface area contributed by atoms with Crippen molar-refractivity contribution in [1.82, 2.24) is 10.3 Å². The fourth-order valence-corrected chi connectivity index (χ4v) is 6.26. The fourth-order valence-electron chi connectivity index (χ4n) is 5.99. The van der Waals surface area contributed by atoms with Gasteiger partial charge in [0.2, 0.25) is 5.91 Å². The highest BCUT2D eigenvalue weighted by Crippen LogP contribution is 2.50. The van der Waals surface area contributed by atoms with Crippen molar-refractivity contribution in [2.45, 2.75) is 49.9 Å². The first-order valence-electron chi connectivity index (χ1n) is 13.0. The van der Waals surface area contributed by atoms with Crippen molar-refractivity contribution in [3.8, 4) is 16.9 Å². The van der Waals surface area contributed by atoms with Crippen molar-refractivity contribution >= 4 is 28.4 Å². The summed E-state index contributed by atoms with van der Waals surface area (Å²) < 4.78 is 37.9. The molecule has 1 atom stereocenters. The number of carbonyl (C=O) groups is 1. The van der Waals surface area contributed by atoms with Gasteiger partial charge in [-0.3, -0.25) is 4.79 Å². The molecule has 4 aromatic rings. The molecule has 3 aromatic carbocycles. The number of nitrogens with two attached hydrogens (primary N) is 1. The number of primary amides is 1. The smallest absolute Gasteiger partial charge is 0.249 e. The summed E-state index contributed by atoms with van der Waals surface area (Å²) in [5.74, 6) is -2.12. The highest BCUT2D eigenvalue weighted by molar-refractivity contribution is 6.34. The Balaban J connectivity index is 1.49. The fraction of sp³-hybridized carbons (Fsp3) is 0.300. The molecular weight excluding hydrogens is 524 g/mol. The Bertz CT molecular complexity index is 1570. The first-order valence-corrected chi connectivity index (χ1v) is 13.4. The van der Waals surface area contributed by atoms with Gasteiger partial charge < -0.3 is 25.9 Å². The van der Waals surface area contributed by atoms with E-state index in [4.69, 9.17) is 22.1 Å². The standard InChI is InChI=1S/C30H28ClF2N3O3/c31-27-22(32)13-24-21(25(27)26-20(29(34)38)12-23-19(28(26)33)10-11-35-23)14-30(39-24,16-4-2-1-3-5-16)15-36-17-6-8-18(37)9-7-17/h1-5,10-13,17-18,35-37H,6-9,14-15H2,(H2,34,38)/t17?,18?,30-/m1/s1. The van der Waals surface area contributed by atoms with Gasteiger partial charge in [0.05, 0.1) is 16.7 Å². The number of benzene rings is 3. The van der Waals surface area contributed by atoms with Gasteiger partial charge in [-0.25, -0.2) is 8.78 Å². The predicted molar refractivity (Wildman–Crippen MR) is 146 cm³/mol. The summed E-state index contributed by atoms with van der Waals surface area (Å²) >= 11 is 6.54. The molecule has 0 bridgehead atoms. The molecule has 1 amide bonds. The van der Waals surface area contributed by atoms with Crippen LogP contribution < -0.4 is 15.8 Å². The van der Waals surface area contributed by atoms with Gasteiger partial charge in [-0.15, -0.1) is 0 Å². The van der Waals surface area contributed by atoms with E-state index in [-0.39, 0.29) is 51.4 Å². The molecule has 5 N–H and O–H groups in total. The van der Waals surface area contributed by atoms with Gasteiger partial charge in [-0.05, 0) is 43.4 Å². The topological polar surface area (TPSA) is 100 Å². The highest BCUT2D eigenvalue weighted by atomic mass is 35.5. The molecule has 2 aliphatic rings. The minimum Gasteiger partial charge on any atom is -0.480 e. The number of hydrogen-bond acceptors (Lipinski definition) is 4. The summed E-state index contributed by atoms with van der Waals surface area (Å²) in [6.07, 6.45) is 4.63. The van der Waals surface area contributed by atoms with Crippen molar-refractivity contribution in [3.63, 3.8) is 0 Å². The largest absolute Gasteiger partial charge is 0.480 e. The molecule has 1 saturated carbocycles. The van der Waals surface area contributed by atoms with Crippen LogP contribution in [0.25, 0.3) is 22.0 Å². The molecule has 2 heterocycles. The third-order valence-corrected chi connectivity index (χ3v) is 8.40. The lowest BCUT2D eigenvalue weighted by atomic mass is 9.84. The lowest BCUT2D eigenvalue weighted by Crippen LogP contribution is -2.46.